The number of hydrogen-bond donors (Lipinski definition) is 1. The third-order valence-electron chi connectivity index (χ3n) is 5.32. The fourth-order valence-electron chi connectivity index (χ4n) is 3.64. The zero-order chi connectivity index (χ0) is 18.8. The minimum absolute atomic E-state index is 0.0874. The molecule has 0 aromatic heterocycles. The summed E-state index contributed by atoms with van der Waals surface area (Å²) in [5.74, 6) is 1.03. The average Bonchev–Trinajstić information content (AvgIpc) is 3.44. The number of rotatable bonds is 5. The number of anilines is 1. The van der Waals surface area contributed by atoms with Gasteiger partial charge in [0.05, 0.1) is 7.11 Å². The summed E-state index contributed by atoms with van der Waals surface area (Å²) >= 11 is 0. The maximum absolute atomic E-state index is 12.7. The summed E-state index contributed by atoms with van der Waals surface area (Å²) < 4.78 is 5.27. The van der Waals surface area contributed by atoms with Crippen LogP contribution in [0.25, 0.3) is 11.1 Å². The van der Waals surface area contributed by atoms with E-state index in [1.54, 1.807) is 12.0 Å². The lowest BCUT2D eigenvalue weighted by Crippen LogP contribution is -2.43. The number of carbonyl (C=O) groups excluding carboxylic acids is 2. The highest BCUT2D eigenvalue weighted by Gasteiger charge is 2.40. The van der Waals surface area contributed by atoms with E-state index in [4.69, 9.17) is 4.74 Å². The van der Waals surface area contributed by atoms with Gasteiger partial charge in [-0.1, -0.05) is 24.3 Å². The molecule has 140 valence electrons. The van der Waals surface area contributed by atoms with Crippen LogP contribution < -0.4 is 10.1 Å². The van der Waals surface area contributed by atoms with Crippen molar-refractivity contribution in [3.63, 3.8) is 0 Å². The number of nitrogens with one attached hydrogen (secondary N) is 1. The molecule has 0 bridgehead atoms. The van der Waals surface area contributed by atoms with Gasteiger partial charge in [0.2, 0.25) is 11.8 Å². The quantitative estimate of drug-likeness (QED) is 0.880. The Morgan fingerprint density at radius 2 is 1.81 bits per heavy atom. The highest BCUT2D eigenvalue weighted by molar-refractivity contribution is 5.98. The second kappa shape index (κ2) is 7.43. The molecule has 1 aliphatic heterocycles. The van der Waals surface area contributed by atoms with E-state index in [0.29, 0.717) is 6.54 Å². The molecule has 5 heteroatoms. The summed E-state index contributed by atoms with van der Waals surface area (Å²) in [7, 11) is 1.65. The van der Waals surface area contributed by atoms with Crippen LogP contribution in [0.4, 0.5) is 5.69 Å². The fourth-order valence-corrected chi connectivity index (χ4v) is 3.64. The number of amides is 2. The predicted octanol–water partition coefficient (Wildman–Crippen LogP) is 3.70. The summed E-state index contributed by atoms with van der Waals surface area (Å²) in [6.45, 7) is 0.697. The third kappa shape index (κ3) is 3.82. The third-order valence-corrected chi connectivity index (χ3v) is 5.32. The van der Waals surface area contributed by atoms with E-state index >= 15 is 0 Å². The molecule has 1 saturated heterocycles. The smallest absolute Gasteiger partial charge is 0.247 e. The lowest BCUT2D eigenvalue weighted by molar-refractivity contribution is -0.137. The van der Waals surface area contributed by atoms with Gasteiger partial charge in [-0.2, -0.15) is 0 Å². The number of nitrogens with zero attached hydrogens (tertiary/aromatic N) is 1. The normalized spacial score (nSPS) is 19.0. The van der Waals surface area contributed by atoms with Crippen molar-refractivity contribution < 1.29 is 14.3 Å². The van der Waals surface area contributed by atoms with Crippen molar-refractivity contribution in [1.82, 2.24) is 4.90 Å². The maximum atomic E-state index is 12.7. The van der Waals surface area contributed by atoms with Gasteiger partial charge in [-0.15, -0.1) is 0 Å². The highest BCUT2D eigenvalue weighted by Crippen LogP contribution is 2.34. The summed E-state index contributed by atoms with van der Waals surface area (Å²) in [5, 5.41) is 2.97. The van der Waals surface area contributed by atoms with Crippen LogP contribution in [0, 0.1) is 5.92 Å². The van der Waals surface area contributed by atoms with E-state index in [0.717, 1.165) is 48.2 Å². The minimum Gasteiger partial charge on any atom is -0.497 e. The Balaban J connectivity index is 1.43. The van der Waals surface area contributed by atoms with Crippen molar-refractivity contribution in [2.45, 2.75) is 31.7 Å². The molecule has 2 aliphatic rings. The second-order valence-corrected chi connectivity index (χ2v) is 7.26. The SMILES string of the molecule is COc1cccc(-c2ccc(NC(=O)[C@@H]3CCCN3C(=O)C3CC3)cc2)c1. The summed E-state index contributed by atoms with van der Waals surface area (Å²) in [4.78, 5) is 26.8. The van der Waals surface area contributed by atoms with Crippen LogP contribution in [0.3, 0.4) is 0 Å². The van der Waals surface area contributed by atoms with E-state index in [1.165, 1.54) is 0 Å². The van der Waals surface area contributed by atoms with E-state index in [-0.39, 0.29) is 23.8 Å². The molecular formula is C22H24N2O3. The fraction of sp³-hybridized carbons (Fsp3) is 0.364. The number of hydrogen-bond acceptors (Lipinski definition) is 3. The lowest BCUT2D eigenvalue weighted by Gasteiger charge is -2.24. The Morgan fingerprint density at radius 3 is 2.52 bits per heavy atom. The highest BCUT2D eigenvalue weighted by atomic mass is 16.5. The minimum atomic E-state index is -0.337. The van der Waals surface area contributed by atoms with Gasteiger partial charge in [-0.25, -0.2) is 0 Å². The van der Waals surface area contributed by atoms with E-state index in [1.807, 2.05) is 48.5 Å². The Bertz CT molecular complexity index is 843. The second-order valence-electron chi connectivity index (χ2n) is 7.26. The standard InChI is InChI=1S/C22H24N2O3/c1-27-19-5-2-4-17(14-19)15-9-11-18(12-10-15)23-21(25)20-6-3-13-24(20)22(26)16-7-8-16/h2,4-5,9-12,14,16,20H,3,6-8,13H2,1H3,(H,23,25)/t20-/m0/s1. The average molecular weight is 364 g/mol. The molecule has 0 radical (unpaired) electrons. The topological polar surface area (TPSA) is 58.6 Å². The Hall–Kier alpha value is -2.82. The van der Waals surface area contributed by atoms with Crippen molar-refractivity contribution in [3.8, 4) is 16.9 Å². The summed E-state index contributed by atoms with van der Waals surface area (Å²) in [6.07, 6.45) is 3.57. The van der Waals surface area contributed by atoms with Gasteiger partial charge < -0.3 is 15.0 Å². The molecule has 1 aliphatic carbocycles. The molecule has 2 amide bonds. The molecule has 1 saturated carbocycles. The van der Waals surface area contributed by atoms with Gasteiger partial charge in [-0.05, 0) is 61.1 Å². The number of carbonyl (C=O) groups is 2. The number of ether oxygens (including phenoxy) is 1. The molecule has 2 fully saturated rings. The first-order chi connectivity index (χ1) is 13.2. The Morgan fingerprint density at radius 1 is 1.04 bits per heavy atom. The molecule has 27 heavy (non-hydrogen) atoms. The van der Waals surface area contributed by atoms with Crippen LogP contribution in [0.2, 0.25) is 0 Å². The van der Waals surface area contributed by atoms with Gasteiger partial charge in [0, 0.05) is 18.2 Å². The van der Waals surface area contributed by atoms with Crippen LogP contribution in [0.1, 0.15) is 25.7 Å². The number of methoxy groups -OCH3 is 1. The van der Waals surface area contributed by atoms with Gasteiger partial charge in [0.15, 0.2) is 0 Å². The monoisotopic (exact) mass is 364 g/mol. The molecule has 1 heterocycles. The molecule has 5 nitrogen and oxygen atoms in total. The van der Waals surface area contributed by atoms with E-state index in [9.17, 15) is 9.59 Å². The van der Waals surface area contributed by atoms with Crippen molar-refractivity contribution in [3.05, 3.63) is 48.5 Å². The van der Waals surface area contributed by atoms with Gasteiger partial charge >= 0.3 is 0 Å². The Kier molecular flexibility index (Phi) is 4.84. The van der Waals surface area contributed by atoms with Crippen LogP contribution >= 0.6 is 0 Å². The molecule has 0 spiro atoms. The summed E-state index contributed by atoms with van der Waals surface area (Å²) in [5.41, 5.74) is 2.86. The molecular weight excluding hydrogens is 340 g/mol. The molecule has 4 rings (SSSR count). The molecule has 1 N–H and O–H groups in total. The molecule has 2 aromatic rings. The first-order valence-corrected chi connectivity index (χ1v) is 9.51. The van der Waals surface area contributed by atoms with Crippen molar-refractivity contribution in [1.29, 1.82) is 0 Å². The van der Waals surface area contributed by atoms with Gasteiger partial charge in [0.1, 0.15) is 11.8 Å². The maximum Gasteiger partial charge on any atom is 0.247 e. The van der Waals surface area contributed by atoms with Crippen molar-refractivity contribution in [2.24, 2.45) is 5.92 Å². The Labute approximate surface area is 159 Å². The molecule has 0 unspecified atom stereocenters. The first kappa shape index (κ1) is 17.6. The van der Waals surface area contributed by atoms with Crippen molar-refractivity contribution in [2.75, 3.05) is 19.0 Å². The largest absolute Gasteiger partial charge is 0.497 e. The van der Waals surface area contributed by atoms with E-state index < -0.39 is 0 Å². The zero-order valence-electron chi connectivity index (χ0n) is 15.5. The first-order valence-electron chi connectivity index (χ1n) is 9.51. The van der Waals surface area contributed by atoms with Crippen LogP contribution in [-0.2, 0) is 9.59 Å². The van der Waals surface area contributed by atoms with Crippen LogP contribution in [0.5, 0.6) is 5.75 Å². The van der Waals surface area contributed by atoms with E-state index in [2.05, 4.69) is 5.32 Å². The molecule has 2 aromatic carbocycles. The zero-order valence-corrected chi connectivity index (χ0v) is 15.5. The van der Waals surface area contributed by atoms with Gasteiger partial charge in [-0.3, -0.25) is 9.59 Å². The van der Waals surface area contributed by atoms with Crippen LogP contribution in [-0.4, -0.2) is 36.4 Å². The van der Waals surface area contributed by atoms with Gasteiger partial charge in [0.25, 0.3) is 0 Å². The van der Waals surface area contributed by atoms with Crippen molar-refractivity contribution >= 4 is 17.5 Å². The summed E-state index contributed by atoms with van der Waals surface area (Å²) in [6, 6.07) is 15.3. The molecule has 1 atom stereocenters. The number of benzene rings is 2. The van der Waals surface area contributed by atoms with Crippen LogP contribution in [0.15, 0.2) is 48.5 Å². The lowest BCUT2D eigenvalue weighted by atomic mass is 10.0. The predicted molar refractivity (Wildman–Crippen MR) is 105 cm³/mol. The number of likely N-dealkylation sites (tertiary alicyclic amines) is 1.